The largest absolute Gasteiger partial charge is 0.491 e. The molecule has 0 bridgehead atoms. The van der Waals surface area contributed by atoms with E-state index in [0.29, 0.717) is 12.2 Å². The Labute approximate surface area is 141 Å². The van der Waals surface area contributed by atoms with E-state index >= 15 is 0 Å². The fourth-order valence-corrected chi connectivity index (χ4v) is 3.40. The van der Waals surface area contributed by atoms with Crippen molar-refractivity contribution in [2.45, 2.75) is 18.9 Å². The molecular weight excluding hydrogens is 366 g/mol. The summed E-state index contributed by atoms with van der Waals surface area (Å²) in [6.07, 6.45) is 2.32. The van der Waals surface area contributed by atoms with Crippen molar-refractivity contribution >= 4 is 38.9 Å². The minimum absolute atomic E-state index is 0.127. The van der Waals surface area contributed by atoms with E-state index < -0.39 is 0 Å². The van der Waals surface area contributed by atoms with Crippen LogP contribution in [0, 0.1) is 0 Å². The predicted molar refractivity (Wildman–Crippen MR) is 90.9 cm³/mol. The van der Waals surface area contributed by atoms with Gasteiger partial charge in [-0.15, -0.1) is 11.3 Å². The van der Waals surface area contributed by atoms with Crippen molar-refractivity contribution in [2.24, 2.45) is 0 Å². The lowest BCUT2D eigenvalue weighted by molar-refractivity contribution is 0.0680. The minimum Gasteiger partial charge on any atom is -0.491 e. The highest BCUT2D eigenvalue weighted by Crippen LogP contribution is 2.23. The number of thiophene rings is 1. The van der Waals surface area contributed by atoms with E-state index in [1.54, 1.807) is 6.07 Å². The van der Waals surface area contributed by atoms with Crippen LogP contribution in [0.25, 0.3) is 0 Å². The first kappa shape index (κ1) is 15.5. The number of carbonyl (C=O) groups is 1. The minimum atomic E-state index is -0.127. The lowest BCUT2D eigenvalue weighted by Gasteiger charge is -2.12. The van der Waals surface area contributed by atoms with Gasteiger partial charge in [-0.05, 0) is 47.0 Å². The van der Waals surface area contributed by atoms with Crippen molar-refractivity contribution in [3.05, 3.63) is 45.1 Å². The molecular formula is C16H16BrNO3S. The van der Waals surface area contributed by atoms with Crippen LogP contribution in [-0.4, -0.2) is 25.2 Å². The predicted octanol–water partition coefficient (Wildman–Crippen LogP) is 4.32. The third-order valence-electron chi connectivity index (χ3n) is 3.38. The highest BCUT2D eigenvalue weighted by Gasteiger charge is 2.16. The second-order valence-corrected chi connectivity index (χ2v) is 7.36. The van der Waals surface area contributed by atoms with Gasteiger partial charge in [0.2, 0.25) is 0 Å². The highest BCUT2D eigenvalue weighted by molar-refractivity contribution is 9.11. The number of carbonyl (C=O) groups excluding carboxylic acids is 1. The lowest BCUT2D eigenvalue weighted by atomic mass is 10.2. The summed E-state index contributed by atoms with van der Waals surface area (Å²) >= 11 is 4.84. The molecule has 6 heteroatoms. The van der Waals surface area contributed by atoms with Gasteiger partial charge in [0, 0.05) is 23.7 Å². The Morgan fingerprint density at radius 3 is 3.09 bits per heavy atom. The summed E-state index contributed by atoms with van der Waals surface area (Å²) in [7, 11) is 0. The third-order valence-corrected chi connectivity index (χ3v) is 4.89. The molecule has 4 nitrogen and oxygen atoms in total. The van der Waals surface area contributed by atoms with Crippen LogP contribution in [0.3, 0.4) is 0 Å². The van der Waals surface area contributed by atoms with Crippen LogP contribution in [0.5, 0.6) is 5.75 Å². The SMILES string of the molecule is O=C(Nc1cccc(OCC2CCCO2)c1)c1csc(Br)c1. The smallest absolute Gasteiger partial charge is 0.256 e. The van der Waals surface area contributed by atoms with Gasteiger partial charge in [-0.1, -0.05) is 6.07 Å². The Morgan fingerprint density at radius 2 is 2.36 bits per heavy atom. The van der Waals surface area contributed by atoms with Crippen LogP contribution < -0.4 is 10.1 Å². The summed E-state index contributed by atoms with van der Waals surface area (Å²) in [4.78, 5) is 12.1. The van der Waals surface area contributed by atoms with Gasteiger partial charge >= 0.3 is 0 Å². The average molecular weight is 382 g/mol. The first-order valence-electron chi connectivity index (χ1n) is 7.10. The number of hydrogen-bond acceptors (Lipinski definition) is 4. The van der Waals surface area contributed by atoms with Crippen LogP contribution in [0.2, 0.25) is 0 Å². The first-order valence-corrected chi connectivity index (χ1v) is 8.78. The van der Waals surface area contributed by atoms with Gasteiger partial charge in [-0.2, -0.15) is 0 Å². The maximum atomic E-state index is 12.1. The van der Waals surface area contributed by atoms with Crippen LogP contribution in [0.15, 0.2) is 39.5 Å². The van der Waals surface area contributed by atoms with E-state index in [0.717, 1.165) is 34.7 Å². The number of rotatable bonds is 5. The molecule has 22 heavy (non-hydrogen) atoms. The first-order chi connectivity index (χ1) is 10.7. The fourth-order valence-electron chi connectivity index (χ4n) is 2.26. The van der Waals surface area contributed by atoms with Crippen LogP contribution in [0.4, 0.5) is 5.69 Å². The molecule has 2 aromatic rings. The molecule has 0 radical (unpaired) electrons. The third kappa shape index (κ3) is 4.09. The molecule has 1 aliphatic heterocycles. The van der Waals surface area contributed by atoms with Gasteiger partial charge in [0.15, 0.2) is 0 Å². The van der Waals surface area contributed by atoms with Gasteiger partial charge in [0.25, 0.3) is 5.91 Å². The average Bonchev–Trinajstić information content (AvgIpc) is 3.17. The quantitative estimate of drug-likeness (QED) is 0.838. The molecule has 0 aliphatic carbocycles. The zero-order valence-corrected chi connectivity index (χ0v) is 14.3. The summed E-state index contributed by atoms with van der Waals surface area (Å²) in [5, 5.41) is 4.69. The van der Waals surface area contributed by atoms with E-state index in [-0.39, 0.29) is 12.0 Å². The number of hydrogen-bond donors (Lipinski definition) is 1. The normalized spacial score (nSPS) is 17.4. The van der Waals surface area contributed by atoms with Crippen molar-refractivity contribution in [2.75, 3.05) is 18.5 Å². The molecule has 1 atom stereocenters. The molecule has 1 amide bonds. The van der Waals surface area contributed by atoms with Gasteiger partial charge in [-0.3, -0.25) is 4.79 Å². The Hall–Kier alpha value is -1.37. The van der Waals surface area contributed by atoms with Gasteiger partial charge < -0.3 is 14.8 Å². The number of nitrogens with one attached hydrogen (secondary N) is 1. The van der Waals surface area contributed by atoms with Gasteiger partial charge in [-0.25, -0.2) is 0 Å². The van der Waals surface area contributed by atoms with Gasteiger partial charge in [0.05, 0.1) is 15.5 Å². The maximum absolute atomic E-state index is 12.1. The molecule has 0 saturated carbocycles. The summed E-state index contributed by atoms with van der Waals surface area (Å²) in [5.41, 5.74) is 1.36. The molecule has 1 aromatic carbocycles. The van der Waals surface area contributed by atoms with Crippen molar-refractivity contribution in [1.29, 1.82) is 0 Å². The molecule has 3 rings (SSSR count). The Balaban J connectivity index is 1.59. The number of anilines is 1. The van der Waals surface area contributed by atoms with Crippen LogP contribution in [0.1, 0.15) is 23.2 Å². The summed E-state index contributed by atoms with van der Waals surface area (Å²) < 4.78 is 12.2. The molecule has 116 valence electrons. The monoisotopic (exact) mass is 381 g/mol. The Morgan fingerprint density at radius 1 is 1.45 bits per heavy atom. The second kappa shape index (κ2) is 7.26. The number of halogens is 1. The standard InChI is InChI=1S/C16H16BrNO3S/c17-15-7-11(10-22-15)16(19)18-12-3-1-4-13(8-12)21-9-14-5-2-6-20-14/h1,3-4,7-8,10,14H,2,5-6,9H2,(H,18,19). The van der Waals surface area contributed by atoms with Crippen molar-refractivity contribution in [3.8, 4) is 5.75 Å². The van der Waals surface area contributed by atoms with Crippen molar-refractivity contribution in [1.82, 2.24) is 0 Å². The topological polar surface area (TPSA) is 47.6 Å². The second-order valence-electron chi connectivity index (χ2n) is 5.07. The molecule has 1 N–H and O–H groups in total. The van der Waals surface area contributed by atoms with E-state index in [2.05, 4.69) is 21.2 Å². The van der Waals surface area contributed by atoms with E-state index in [1.165, 1.54) is 11.3 Å². The van der Waals surface area contributed by atoms with Crippen LogP contribution in [-0.2, 0) is 4.74 Å². The Kier molecular flexibility index (Phi) is 5.12. The lowest BCUT2D eigenvalue weighted by Crippen LogP contribution is -2.16. The molecule has 2 heterocycles. The van der Waals surface area contributed by atoms with E-state index in [1.807, 2.05) is 29.6 Å². The van der Waals surface area contributed by atoms with Crippen molar-refractivity contribution < 1.29 is 14.3 Å². The summed E-state index contributed by atoms with van der Waals surface area (Å²) in [6.45, 7) is 1.37. The number of amides is 1. The highest BCUT2D eigenvalue weighted by atomic mass is 79.9. The van der Waals surface area contributed by atoms with Crippen molar-refractivity contribution in [3.63, 3.8) is 0 Å². The number of ether oxygens (including phenoxy) is 2. The van der Waals surface area contributed by atoms with Gasteiger partial charge in [0.1, 0.15) is 12.4 Å². The molecule has 1 aliphatic rings. The molecule has 1 fully saturated rings. The summed E-state index contributed by atoms with van der Waals surface area (Å²) in [6, 6.07) is 9.22. The molecule has 1 aromatic heterocycles. The van der Waals surface area contributed by atoms with Crippen LogP contribution >= 0.6 is 27.3 Å². The Bertz CT molecular complexity index is 652. The summed E-state index contributed by atoms with van der Waals surface area (Å²) in [5.74, 6) is 0.609. The molecule has 1 saturated heterocycles. The zero-order chi connectivity index (χ0) is 15.4. The fraction of sp³-hybridized carbons (Fsp3) is 0.312. The van der Waals surface area contributed by atoms with E-state index in [9.17, 15) is 4.79 Å². The van der Waals surface area contributed by atoms with E-state index in [4.69, 9.17) is 9.47 Å². The number of benzene rings is 1. The molecule has 0 spiro atoms. The zero-order valence-electron chi connectivity index (χ0n) is 11.9. The maximum Gasteiger partial charge on any atom is 0.256 e. The molecule has 1 unspecified atom stereocenters.